The quantitative estimate of drug-likeness (QED) is 0.427. The van der Waals surface area contributed by atoms with Crippen molar-refractivity contribution in [3.05, 3.63) is 53.8 Å². The van der Waals surface area contributed by atoms with Gasteiger partial charge in [-0.15, -0.1) is 0 Å². The van der Waals surface area contributed by atoms with E-state index in [1.165, 1.54) is 7.11 Å². The minimum Gasteiger partial charge on any atom is -0.437 e. The highest BCUT2D eigenvalue weighted by Gasteiger charge is 2.09. The lowest BCUT2D eigenvalue weighted by molar-refractivity contribution is 0.0990. The molecule has 0 aliphatic rings. The molecule has 0 aromatic heterocycles. The lowest BCUT2D eigenvalue weighted by Gasteiger charge is -2.10. The van der Waals surface area contributed by atoms with Crippen molar-refractivity contribution in [3.63, 3.8) is 0 Å². The Morgan fingerprint density at radius 3 is 2.58 bits per heavy atom. The molecule has 0 N–H and O–H groups in total. The Morgan fingerprint density at radius 2 is 2.00 bits per heavy atom. The van der Waals surface area contributed by atoms with E-state index in [9.17, 15) is 4.79 Å². The van der Waals surface area contributed by atoms with Gasteiger partial charge in [-0.1, -0.05) is 50.3 Å². The maximum atomic E-state index is 11.1. The van der Waals surface area contributed by atoms with Gasteiger partial charge in [0, 0.05) is 0 Å². The number of carbonyl (C=O) groups is 1. The Morgan fingerprint density at radius 1 is 1.32 bits per heavy atom. The molecule has 3 nitrogen and oxygen atoms in total. The average molecular weight is 260 g/mol. The normalized spacial score (nSPS) is 10.9. The Balaban J connectivity index is 2.85. The molecule has 0 unspecified atom stereocenters. The summed E-state index contributed by atoms with van der Waals surface area (Å²) in [7, 11) is 1.28. The van der Waals surface area contributed by atoms with Crippen molar-refractivity contribution >= 4 is 12.2 Å². The summed E-state index contributed by atoms with van der Waals surface area (Å²) in [5, 5.41) is 0. The molecule has 0 bridgehead atoms. The molecule has 0 atom stereocenters. The lowest BCUT2D eigenvalue weighted by Crippen LogP contribution is -2.05. The molecule has 3 heteroatoms. The topological polar surface area (TPSA) is 35.5 Å². The second-order valence-corrected chi connectivity index (χ2v) is 4.16. The minimum absolute atomic E-state index is 0.351. The zero-order chi connectivity index (χ0) is 14.1. The number of benzene rings is 1. The van der Waals surface area contributed by atoms with Crippen LogP contribution in [0.2, 0.25) is 0 Å². The maximum Gasteiger partial charge on any atom is 0.513 e. The van der Waals surface area contributed by atoms with Crippen LogP contribution in [0.5, 0.6) is 0 Å². The number of ether oxygens (including phenoxy) is 2. The first-order valence-corrected chi connectivity index (χ1v) is 6.38. The second kappa shape index (κ2) is 8.14. The standard InChI is InChI=1S/C16H20O3/c1-4-5-11-15(13(2)19-16(17)18-3)12-14-9-7-6-8-10-14/h6-10,12H,2,4-5,11H2,1,3H3/b15-12+. The third-order valence-electron chi connectivity index (χ3n) is 2.67. The SMILES string of the molecule is C=C(OC(=O)OC)/C(=C/c1ccccc1)CCCC. The van der Waals surface area contributed by atoms with Crippen LogP contribution >= 0.6 is 0 Å². The molecule has 0 saturated heterocycles. The summed E-state index contributed by atoms with van der Waals surface area (Å²) in [5.74, 6) is 0.351. The van der Waals surface area contributed by atoms with Crippen LogP contribution in [0, 0.1) is 0 Å². The van der Waals surface area contributed by atoms with Crippen LogP contribution in [-0.2, 0) is 9.47 Å². The summed E-state index contributed by atoms with van der Waals surface area (Å²) in [6, 6.07) is 9.89. The van der Waals surface area contributed by atoms with Crippen molar-refractivity contribution in [3.8, 4) is 0 Å². The van der Waals surface area contributed by atoms with E-state index in [1.807, 2.05) is 36.4 Å². The van der Waals surface area contributed by atoms with Crippen LogP contribution in [-0.4, -0.2) is 13.3 Å². The lowest BCUT2D eigenvalue weighted by atomic mass is 10.0. The number of rotatable bonds is 6. The Kier molecular flexibility index (Phi) is 6.44. The molecule has 0 spiro atoms. The highest BCUT2D eigenvalue weighted by molar-refractivity contribution is 5.64. The van der Waals surface area contributed by atoms with Crippen LogP contribution in [0.3, 0.4) is 0 Å². The monoisotopic (exact) mass is 260 g/mol. The first-order valence-electron chi connectivity index (χ1n) is 6.38. The zero-order valence-corrected chi connectivity index (χ0v) is 11.5. The molecule has 19 heavy (non-hydrogen) atoms. The van der Waals surface area contributed by atoms with Crippen molar-refractivity contribution in [2.75, 3.05) is 7.11 Å². The molecule has 1 rings (SSSR count). The van der Waals surface area contributed by atoms with E-state index in [4.69, 9.17) is 4.74 Å². The Hall–Kier alpha value is -2.03. The van der Waals surface area contributed by atoms with Crippen LogP contribution in [0.25, 0.3) is 6.08 Å². The van der Waals surface area contributed by atoms with Gasteiger partial charge in [0.25, 0.3) is 0 Å². The fourth-order valence-electron chi connectivity index (χ4n) is 1.62. The summed E-state index contributed by atoms with van der Waals surface area (Å²) in [4.78, 5) is 11.1. The largest absolute Gasteiger partial charge is 0.513 e. The van der Waals surface area contributed by atoms with E-state index in [0.717, 1.165) is 30.4 Å². The fraction of sp³-hybridized carbons (Fsp3) is 0.312. The minimum atomic E-state index is -0.736. The molecule has 0 heterocycles. The predicted octanol–water partition coefficient (Wildman–Crippen LogP) is 4.56. The Labute approximate surface area is 114 Å². The molecule has 0 radical (unpaired) electrons. The van der Waals surface area contributed by atoms with Crippen molar-refractivity contribution in [2.24, 2.45) is 0 Å². The molecule has 0 aliphatic carbocycles. The van der Waals surface area contributed by atoms with Crippen molar-refractivity contribution < 1.29 is 14.3 Å². The predicted molar refractivity (Wildman–Crippen MR) is 76.6 cm³/mol. The van der Waals surface area contributed by atoms with Crippen molar-refractivity contribution in [1.82, 2.24) is 0 Å². The molecule has 0 fully saturated rings. The molecule has 0 saturated carbocycles. The molecule has 1 aromatic carbocycles. The van der Waals surface area contributed by atoms with Crippen LogP contribution in [0.4, 0.5) is 4.79 Å². The third kappa shape index (κ3) is 5.42. The number of hydrogen-bond acceptors (Lipinski definition) is 3. The van der Waals surface area contributed by atoms with Crippen LogP contribution in [0.1, 0.15) is 31.7 Å². The number of unbranched alkanes of at least 4 members (excludes halogenated alkanes) is 1. The van der Waals surface area contributed by atoms with Crippen LogP contribution in [0.15, 0.2) is 48.2 Å². The van der Waals surface area contributed by atoms with E-state index < -0.39 is 6.16 Å². The van der Waals surface area contributed by atoms with E-state index in [0.29, 0.717) is 5.76 Å². The van der Waals surface area contributed by atoms with E-state index in [-0.39, 0.29) is 0 Å². The molecular weight excluding hydrogens is 240 g/mol. The number of allylic oxidation sites excluding steroid dienone is 1. The summed E-state index contributed by atoms with van der Waals surface area (Å²) in [6.07, 6.45) is 4.16. The highest BCUT2D eigenvalue weighted by atomic mass is 16.7. The van der Waals surface area contributed by atoms with Gasteiger partial charge in [-0.2, -0.15) is 0 Å². The van der Waals surface area contributed by atoms with Gasteiger partial charge < -0.3 is 9.47 Å². The first kappa shape index (κ1) is 15.0. The number of carbonyl (C=O) groups excluding carboxylic acids is 1. The second-order valence-electron chi connectivity index (χ2n) is 4.16. The third-order valence-corrected chi connectivity index (χ3v) is 2.67. The van der Waals surface area contributed by atoms with Gasteiger partial charge in [-0.3, -0.25) is 0 Å². The zero-order valence-electron chi connectivity index (χ0n) is 11.5. The van der Waals surface area contributed by atoms with Gasteiger partial charge in [0.1, 0.15) is 5.76 Å². The van der Waals surface area contributed by atoms with Crippen molar-refractivity contribution in [2.45, 2.75) is 26.2 Å². The molecule has 0 aliphatic heterocycles. The smallest absolute Gasteiger partial charge is 0.437 e. The van der Waals surface area contributed by atoms with Gasteiger partial charge in [-0.05, 0) is 30.1 Å². The summed E-state index contributed by atoms with van der Waals surface area (Å²) in [5.41, 5.74) is 1.97. The van der Waals surface area contributed by atoms with E-state index >= 15 is 0 Å². The first-order chi connectivity index (χ1) is 9.17. The van der Waals surface area contributed by atoms with Gasteiger partial charge in [0.15, 0.2) is 0 Å². The van der Waals surface area contributed by atoms with Crippen molar-refractivity contribution in [1.29, 1.82) is 0 Å². The number of hydrogen-bond donors (Lipinski definition) is 0. The maximum absolute atomic E-state index is 11.1. The molecule has 0 amide bonds. The molecular formula is C16H20O3. The van der Waals surface area contributed by atoms with Gasteiger partial charge >= 0.3 is 6.16 Å². The van der Waals surface area contributed by atoms with Gasteiger partial charge in [0.05, 0.1) is 7.11 Å². The van der Waals surface area contributed by atoms with Gasteiger partial charge in [0.2, 0.25) is 0 Å². The van der Waals surface area contributed by atoms with E-state index in [2.05, 4.69) is 18.2 Å². The number of methoxy groups -OCH3 is 1. The van der Waals surface area contributed by atoms with E-state index in [1.54, 1.807) is 0 Å². The van der Waals surface area contributed by atoms with Gasteiger partial charge in [-0.25, -0.2) is 4.79 Å². The average Bonchev–Trinajstić information content (AvgIpc) is 2.44. The highest BCUT2D eigenvalue weighted by Crippen LogP contribution is 2.20. The molecule has 102 valence electrons. The van der Waals surface area contributed by atoms with Crippen LogP contribution < -0.4 is 0 Å². The molecule has 1 aromatic rings. The summed E-state index contributed by atoms with van der Waals surface area (Å²) < 4.78 is 9.48. The Bertz CT molecular complexity index is 446. The summed E-state index contributed by atoms with van der Waals surface area (Å²) in [6.45, 7) is 5.92. The summed E-state index contributed by atoms with van der Waals surface area (Å²) >= 11 is 0. The fourth-order valence-corrected chi connectivity index (χ4v) is 1.62.